The number of imide groups is 1. The van der Waals surface area contributed by atoms with E-state index in [4.69, 9.17) is 15.2 Å². The van der Waals surface area contributed by atoms with Gasteiger partial charge in [-0.25, -0.2) is 9.59 Å². The van der Waals surface area contributed by atoms with Crippen molar-refractivity contribution in [3.05, 3.63) is 29.8 Å². The molecule has 0 saturated carbocycles. The number of hydrogen-bond acceptors (Lipinski definition) is 5. The van der Waals surface area contributed by atoms with Crippen molar-refractivity contribution in [3.8, 4) is 5.75 Å². The Balaban J connectivity index is 2.63. The van der Waals surface area contributed by atoms with Crippen LogP contribution in [0, 0.1) is 0 Å². The number of rotatable bonds is 5. The van der Waals surface area contributed by atoms with Crippen LogP contribution in [0.5, 0.6) is 5.75 Å². The molecule has 1 unspecified atom stereocenters. The first-order valence-corrected chi connectivity index (χ1v) is 6.37. The Labute approximate surface area is 122 Å². The van der Waals surface area contributed by atoms with Gasteiger partial charge in [-0.05, 0) is 45.0 Å². The zero-order valence-electron chi connectivity index (χ0n) is 12.1. The van der Waals surface area contributed by atoms with Crippen molar-refractivity contribution in [2.45, 2.75) is 33.0 Å². The van der Waals surface area contributed by atoms with E-state index in [0.717, 1.165) is 0 Å². The zero-order chi connectivity index (χ0) is 16.0. The number of urea groups is 1. The average Bonchev–Trinajstić information content (AvgIpc) is 2.37. The van der Waals surface area contributed by atoms with Crippen LogP contribution in [0.2, 0.25) is 0 Å². The summed E-state index contributed by atoms with van der Waals surface area (Å²) in [5.41, 5.74) is 5.07. The van der Waals surface area contributed by atoms with Crippen LogP contribution in [0.15, 0.2) is 24.3 Å². The van der Waals surface area contributed by atoms with E-state index in [1.165, 1.54) is 19.1 Å². The van der Waals surface area contributed by atoms with E-state index in [1.54, 1.807) is 12.1 Å². The Kier molecular flexibility index (Phi) is 5.71. The van der Waals surface area contributed by atoms with E-state index >= 15 is 0 Å². The number of esters is 1. The molecule has 7 heteroatoms. The first-order valence-electron chi connectivity index (χ1n) is 6.37. The van der Waals surface area contributed by atoms with Crippen molar-refractivity contribution in [1.82, 2.24) is 5.32 Å². The molecule has 0 aliphatic heterocycles. The van der Waals surface area contributed by atoms with E-state index in [2.05, 4.69) is 0 Å². The Morgan fingerprint density at radius 1 is 1.10 bits per heavy atom. The van der Waals surface area contributed by atoms with Crippen molar-refractivity contribution in [2.24, 2.45) is 5.73 Å². The van der Waals surface area contributed by atoms with Gasteiger partial charge in [-0.1, -0.05) is 0 Å². The maximum absolute atomic E-state index is 11.8. The van der Waals surface area contributed by atoms with Gasteiger partial charge in [0.15, 0.2) is 6.10 Å². The molecule has 3 amide bonds. The van der Waals surface area contributed by atoms with Crippen molar-refractivity contribution in [1.29, 1.82) is 0 Å². The summed E-state index contributed by atoms with van der Waals surface area (Å²) in [6, 6.07) is 5.31. The Morgan fingerprint density at radius 2 is 1.67 bits per heavy atom. The smallest absolute Gasteiger partial charge is 0.338 e. The molecule has 21 heavy (non-hydrogen) atoms. The van der Waals surface area contributed by atoms with Gasteiger partial charge in [0.1, 0.15) is 5.75 Å². The number of nitrogens with one attached hydrogen (secondary N) is 1. The fourth-order valence-corrected chi connectivity index (χ4v) is 1.45. The minimum atomic E-state index is -1.13. The first-order chi connectivity index (χ1) is 9.79. The molecule has 0 spiro atoms. The second kappa shape index (κ2) is 7.28. The molecule has 1 aromatic rings. The van der Waals surface area contributed by atoms with Gasteiger partial charge in [-0.3, -0.25) is 10.1 Å². The van der Waals surface area contributed by atoms with E-state index in [-0.39, 0.29) is 11.7 Å². The fourth-order valence-electron chi connectivity index (χ4n) is 1.45. The highest BCUT2D eigenvalue weighted by atomic mass is 16.5. The standard InChI is InChI=1S/C14H18N2O5/c1-8(2)20-11-6-4-10(5-7-11)13(18)21-9(3)12(17)16-14(15)19/h4-9H,1-3H3,(H3,15,16,17,19). The zero-order valence-corrected chi connectivity index (χ0v) is 12.1. The SMILES string of the molecule is CC(C)Oc1ccc(C(=O)OC(C)C(=O)NC(N)=O)cc1. The second-order valence-corrected chi connectivity index (χ2v) is 4.59. The molecule has 0 bridgehead atoms. The Bertz CT molecular complexity index is 525. The Morgan fingerprint density at radius 3 is 2.14 bits per heavy atom. The molecule has 1 aromatic carbocycles. The third-order valence-corrected chi connectivity index (χ3v) is 2.36. The molecule has 1 atom stereocenters. The molecule has 114 valence electrons. The van der Waals surface area contributed by atoms with Crippen LogP contribution >= 0.6 is 0 Å². The van der Waals surface area contributed by atoms with Crippen LogP contribution < -0.4 is 15.8 Å². The van der Waals surface area contributed by atoms with Crippen LogP contribution in [0.1, 0.15) is 31.1 Å². The van der Waals surface area contributed by atoms with Gasteiger partial charge in [0, 0.05) is 0 Å². The fraction of sp³-hybridized carbons (Fsp3) is 0.357. The predicted molar refractivity (Wildman–Crippen MR) is 74.8 cm³/mol. The molecular formula is C14H18N2O5. The summed E-state index contributed by atoms with van der Waals surface area (Å²) in [5, 5.41) is 1.83. The normalized spacial score (nSPS) is 11.6. The number of carbonyl (C=O) groups is 3. The minimum absolute atomic E-state index is 0.0281. The lowest BCUT2D eigenvalue weighted by atomic mass is 10.2. The van der Waals surface area contributed by atoms with Crippen molar-refractivity contribution >= 4 is 17.9 Å². The highest BCUT2D eigenvalue weighted by Gasteiger charge is 2.19. The summed E-state index contributed by atoms with van der Waals surface area (Å²) in [6.45, 7) is 5.12. The van der Waals surface area contributed by atoms with Crippen molar-refractivity contribution in [2.75, 3.05) is 0 Å². The molecule has 0 aliphatic rings. The second-order valence-electron chi connectivity index (χ2n) is 4.59. The van der Waals surface area contributed by atoms with Gasteiger partial charge in [-0.2, -0.15) is 0 Å². The highest BCUT2D eigenvalue weighted by Crippen LogP contribution is 2.15. The molecule has 7 nitrogen and oxygen atoms in total. The topological polar surface area (TPSA) is 108 Å². The molecule has 0 aliphatic carbocycles. The summed E-state index contributed by atoms with van der Waals surface area (Å²) in [5.74, 6) is -0.838. The third kappa shape index (κ3) is 5.52. The maximum Gasteiger partial charge on any atom is 0.338 e. The predicted octanol–water partition coefficient (Wildman–Crippen LogP) is 1.21. The third-order valence-electron chi connectivity index (χ3n) is 2.36. The monoisotopic (exact) mass is 294 g/mol. The van der Waals surface area contributed by atoms with Crippen LogP contribution in [-0.2, 0) is 9.53 Å². The first kappa shape index (κ1) is 16.5. The summed E-state index contributed by atoms with van der Waals surface area (Å²) in [4.78, 5) is 33.7. The molecular weight excluding hydrogens is 276 g/mol. The lowest BCUT2D eigenvalue weighted by Gasteiger charge is -2.13. The van der Waals surface area contributed by atoms with E-state index < -0.39 is 24.0 Å². The van der Waals surface area contributed by atoms with E-state index in [0.29, 0.717) is 5.75 Å². The molecule has 0 heterocycles. The maximum atomic E-state index is 11.8. The number of amides is 3. The van der Waals surface area contributed by atoms with Gasteiger partial charge >= 0.3 is 12.0 Å². The van der Waals surface area contributed by atoms with Crippen LogP contribution in [-0.4, -0.2) is 30.1 Å². The van der Waals surface area contributed by atoms with Crippen LogP contribution in [0.25, 0.3) is 0 Å². The molecule has 3 N–H and O–H groups in total. The number of nitrogens with two attached hydrogens (primary N) is 1. The highest BCUT2D eigenvalue weighted by molar-refractivity contribution is 5.98. The van der Waals surface area contributed by atoms with E-state index in [1.807, 2.05) is 19.2 Å². The number of benzene rings is 1. The quantitative estimate of drug-likeness (QED) is 0.794. The van der Waals surface area contributed by atoms with Crippen molar-refractivity contribution < 1.29 is 23.9 Å². The molecule has 1 rings (SSSR count). The van der Waals surface area contributed by atoms with Crippen LogP contribution in [0.3, 0.4) is 0 Å². The molecule has 0 radical (unpaired) electrons. The minimum Gasteiger partial charge on any atom is -0.491 e. The molecule has 0 saturated heterocycles. The number of primary amides is 1. The summed E-state index contributed by atoms with van der Waals surface area (Å²) in [6.07, 6.45) is -1.10. The largest absolute Gasteiger partial charge is 0.491 e. The van der Waals surface area contributed by atoms with Gasteiger partial charge in [0.25, 0.3) is 5.91 Å². The average molecular weight is 294 g/mol. The van der Waals surface area contributed by atoms with Gasteiger partial charge in [0.2, 0.25) is 0 Å². The van der Waals surface area contributed by atoms with Gasteiger partial charge < -0.3 is 15.2 Å². The van der Waals surface area contributed by atoms with Gasteiger partial charge in [-0.15, -0.1) is 0 Å². The van der Waals surface area contributed by atoms with E-state index in [9.17, 15) is 14.4 Å². The van der Waals surface area contributed by atoms with Crippen LogP contribution in [0.4, 0.5) is 4.79 Å². The summed E-state index contributed by atoms with van der Waals surface area (Å²) in [7, 11) is 0. The number of carbonyl (C=O) groups excluding carboxylic acids is 3. The molecule has 0 aromatic heterocycles. The van der Waals surface area contributed by atoms with Gasteiger partial charge in [0.05, 0.1) is 11.7 Å². The number of hydrogen-bond donors (Lipinski definition) is 2. The number of ether oxygens (including phenoxy) is 2. The Hall–Kier alpha value is -2.57. The lowest BCUT2D eigenvalue weighted by Crippen LogP contribution is -2.42. The summed E-state index contributed by atoms with van der Waals surface area (Å²) < 4.78 is 10.4. The molecule has 0 fully saturated rings. The lowest BCUT2D eigenvalue weighted by molar-refractivity contribution is -0.127. The van der Waals surface area contributed by atoms with Crippen molar-refractivity contribution in [3.63, 3.8) is 0 Å². The summed E-state index contributed by atoms with van der Waals surface area (Å²) >= 11 is 0.